The quantitative estimate of drug-likeness (QED) is 0.723. The number of nitrogens with zero attached hydrogens (tertiary/aromatic N) is 5. The second-order valence-corrected chi connectivity index (χ2v) is 6.75. The zero-order valence-corrected chi connectivity index (χ0v) is 13.7. The molecule has 0 saturated carbocycles. The van der Waals surface area contributed by atoms with Gasteiger partial charge < -0.3 is 0 Å². The van der Waals surface area contributed by atoms with E-state index in [1.165, 1.54) is 24.1 Å². The molecular formula is C17H19N5S. The van der Waals surface area contributed by atoms with Crippen molar-refractivity contribution in [1.29, 1.82) is 0 Å². The molecular weight excluding hydrogens is 306 g/mol. The summed E-state index contributed by atoms with van der Waals surface area (Å²) < 4.78 is 1.93. The predicted molar refractivity (Wildman–Crippen MR) is 91.0 cm³/mol. The van der Waals surface area contributed by atoms with E-state index < -0.39 is 0 Å². The first-order valence-electron chi connectivity index (χ1n) is 7.95. The molecule has 118 valence electrons. The van der Waals surface area contributed by atoms with Crippen LogP contribution in [0.5, 0.6) is 0 Å². The number of hydrogen-bond acceptors (Lipinski definition) is 5. The molecule has 0 bridgehead atoms. The van der Waals surface area contributed by atoms with Crippen LogP contribution in [0, 0.1) is 0 Å². The summed E-state index contributed by atoms with van der Waals surface area (Å²) in [7, 11) is 0. The number of thiazole rings is 1. The minimum atomic E-state index is 0.526. The highest BCUT2D eigenvalue weighted by molar-refractivity contribution is 7.13. The highest BCUT2D eigenvalue weighted by Crippen LogP contribution is 2.26. The minimum absolute atomic E-state index is 0.526. The molecule has 1 fully saturated rings. The van der Waals surface area contributed by atoms with Crippen LogP contribution in [0.4, 0.5) is 0 Å². The fourth-order valence-corrected chi connectivity index (χ4v) is 3.97. The van der Waals surface area contributed by atoms with Crippen molar-refractivity contribution in [3.8, 4) is 10.6 Å². The van der Waals surface area contributed by atoms with Gasteiger partial charge in [-0.1, -0.05) is 30.3 Å². The Morgan fingerprint density at radius 3 is 2.96 bits per heavy atom. The van der Waals surface area contributed by atoms with Crippen molar-refractivity contribution < 1.29 is 0 Å². The number of hydrogen-bond donors (Lipinski definition) is 0. The Kier molecular flexibility index (Phi) is 4.17. The molecule has 23 heavy (non-hydrogen) atoms. The van der Waals surface area contributed by atoms with Crippen molar-refractivity contribution in [3.05, 3.63) is 54.1 Å². The zero-order chi connectivity index (χ0) is 15.5. The Balaban J connectivity index is 1.44. The molecule has 5 nitrogen and oxygen atoms in total. The Labute approximate surface area is 139 Å². The summed E-state index contributed by atoms with van der Waals surface area (Å²) in [4.78, 5) is 11.4. The van der Waals surface area contributed by atoms with Crippen molar-refractivity contribution in [2.75, 3.05) is 6.54 Å². The second-order valence-electron chi connectivity index (χ2n) is 5.89. The first-order valence-corrected chi connectivity index (χ1v) is 8.83. The van der Waals surface area contributed by atoms with Crippen LogP contribution in [0.15, 0.2) is 48.4 Å². The zero-order valence-electron chi connectivity index (χ0n) is 12.9. The first kappa shape index (κ1) is 14.5. The normalized spacial score (nSPS) is 18.5. The van der Waals surface area contributed by atoms with Gasteiger partial charge in [0.15, 0.2) is 0 Å². The van der Waals surface area contributed by atoms with Crippen LogP contribution in [0.2, 0.25) is 0 Å². The van der Waals surface area contributed by atoms with Crippen LogP contribution < -0.4 is 0 Å². The van der Waals surface area contributed by atoms with Crippen molar-refractivity contribution in [2.24, 2.45) is 0 Å². The molecule has 2 aromatic heterocycles. The molecule has 3 heterocycles. The summed E-state index contributed by atoms with van der Waals surface area (Å²) >= 11 is 1.73. The molecule has 1 aliphatic heterocycles. The lowest BCUT2D eigenvalue weighted by molar-refractivity contribution is 0.217. The third-order valence-corrected chi connectivity index (χ3v) is 5.24. The van der Waals surface area contributed by atoms with Crippen molar-refractivity contribution >= 4 is 11.3 Å². The Morgan fingerprint density at radius 2 is 2.13 bits per heavy atom. The lowest BCUT2D eigenvalue weighted by Gasteiger charge is -2.23. The van der Waals surface area contributed by atoms with E-state index in [-0.39, 0.29) is 0 Å². The molecule has 1 atom stereocenters. The van der Waals surface area contributed by atoms with Crippen molar-refractivity contribution in [3.63, 3.8) is 0 Å². The number of benzene rings is 1. The maximum absolute atomic E-state index is 4.82. The molecule has 3 aromatic rings. The lowest BCUT2D eigenvalue weighted by atomic mass is 10.2. The van der Waals surface area contributed by atoms with Gasteiger partial charge in [0, 0.05) is 23.5 Å². The van der Waals surface area contributed by atoms with E-state index in [0.29, 0.717) is 6.04 Å². The summed E-state index contributed by atoms with van der Waals surface area (Å²) in [5.74, 6) is 0. The largest absolute Gasteiger partial charge is 0.293 e. The standard InChI is InChI=1S/C17H19N5S/c1-2-5-14(6-3-1)17-20-15(11-23-17)9-21-8-4-7-16(21)10-22-13-18-12-19-22/h1-3,5-6,11-13,16H,4,7-10H2/t16-/m0/s1. The Bertz CT molecular complexity index is 737. The fourth-order valence-electron chi connectivity index (χ4n) is 3.15. The van der Waals surface area contributed by atoms with Gasteiger partial charge >= 0.3 is 0 Å². The van der Waals surface area contributed by atoms with E-state index in [1.54, 1.807) is 24.0 Å². The van der Waals surface area contributed by atoms with Crippen LogP contribution >= 0.6 is 11.3 Å². The Hall–Kier alpha value is -2.05. The van der Waals surface area contributed by atoms with Gasteiger partial charge in [0.1, 0.15) is 17.7 Å². The summed E-state index contributed by atoms with van der Waals surface area (Å²) in [5.41, 5.74) is 2.36. The summed E-state index contributed by atoms with van der Waals surface area (Å²) in [6.07, 6.45) is 5.86. The molecule has 0 N–H and O–H groups in total. The van der Waals surface area contributed by atoms with E-state index in [9.17, 15) is 0 Å². The number of aromatic nitrogens is 4. The van der Waals surface area contributed by atoms with E-state index in [0.717, 1.165) is 24.6 Å². The average Bonchev–Trinajstić information content (AvgIpc) is 3.33. The molecule has 1 aliphatic rings. The first-order chi connectivity index (χ1) is 11.4. The van der Waals surface area contributed by atoms with Gasteiger partial charge in [0.2, 0.25) is 0 Å². The fraction of sp³-hybridized carbons (Fsp3) is 0.353. The summed E-state index contributed by atoms with van der Waals surface area (Å²) in [6, 6.07) is 10.9. The number of rotatable bonds is 5. The van der Waals surface area contributed by atoms with Crippen LogP contribution in [0.3, 0.4) is 0 Å². The van der Waals surface area contributed by atoms with Gasteiger partial charge in [-0.15, -0.1) is 11.3 Å². The SMILES string of the molecule is c1ccc(-c2nc(CN3CCC[C@H]3Cn3cncn3)cs2)cc1. The van der Waals surface area contributed by atoms with Gasteiger partial charge in [-0.05, 0) is 19.4 Å². The molecule has 0 spiro atoms. The summed E-state index contributed by atoms with van der Waals surface area (Å²) in [5, 5.41) is 7.52. The van der Waals surface area contributed by atoms with Gasteiger partial charge in [0.25, 0.3) is 0 Å². The predicted octanol–water partition coefficient (Wildman–Crippen LogP) is 3.07. The van der Waals surface area contributed by atoms with Crippen molar-refractivity contribution in [2.45, 2.75) is 32.0 Å². The van der Waals surface area contributed by atoms with Crippen LogP contribution in [-0.2, 0) is 13.1 Å². The van der Waals surface area contributed by atoms with Gasteiger partial charge in [0.05, 0.1) is 12.2 Å². The topological polar surface area (TPSA) is 46.8 Å². The van der Waals surface area contributed by atoms with Gasteiger partial charge in [-0.3, -0.25) is 9.58 Å². The molecule has 4 rings (SSSR count). The third-order valence-electron chi connectivity index (χ3n) is 4.30. The molecule has 1 aromatic carbocycles. The summed E-state index contributed by atoms with van der Waals surface area (Å²) in [6.45, 7) is 2.97. The number of likely N-dealkylation sites (tertiary alicyclic amines) is 1. The van der Waals surface area contributed by atoms with E-state index >= 15 is 0 Å². The lowest BCUT2D eigenvalue weighted by Crippen LogP contribution is -2.32. The minimum Gasteiger partial charge on any atom is -0.293 e. The second kappa shape index (κ2) is 6.60. The molecule has 0 aliphatic carbocycles. The Morgan fingerprint density at radius 1 is 1.22 bits per heavy atom. The highest BCUT2D eigenvalue weighted by atomic mass is 32.1. The highest BCUT2D eigenvalue weighted by Gasteiger charge is 2.25. The maximum Gasteiger partial charge on any atom is 0.137 e. The smallest absolute Gasteiger partial charge is 0.137 e. The van der Waals surface area contributed by atoms with Crippen LogP contribution in [0.1, 0.15) is 18.5 Å². The molecule has 6 heteroatoms. The van der Waals surface area contributed by atoms with Crippen LogP contribution in [0.25, 0.3) is 10.6 Å². The molecule has 0 amide bonds. The third kappa shape index (κ3) is 3.33. The average molecular weight is 325 g/mol. The van der Waals surface area contributed by atoms with E-state index in [2.05, 4.69) is 44.6 Å². The molecule has 1 saturated heterocycles. The molecule has 0 radical (unpaired) electrons. The molecule has 0 unspecified atom stereocenters. The van der Waals surface area contributed by atoms with Gasteiger partial charge in [-0.25, -0.2) is 9.97 Å². The maximum atomic E-state index is 4.82. The van der Waals surface area contributed by atoms with Crippen molar-refractivity contribution in [1.82, 2.24) is 24.6 Å². The van der Waals surface area contributed by atoms with E-state index in [1.807, 2.05) is 10.7 Å². The van der Waals surface area contributed by atoms with Gasteiger partial charge in [-0.2, -0.15) is 5.10 Å². The monoisotopic (exact) mass is 325 g/mol. The van der Waals surface area contributed by atoms with Crippen LogP contribution in [-0.4, -0.2) is 37.2 Å². The van der Waals surface area contributed by atoms with E-state index in [4.69, 9.17) is 4.98 Å².